The van der Waals surface area contributed by atoms with E-state index in [2.05, 4.69) is 49.4 Å². The highest BCUT2D eigenvalue weighted by Crippen LogP contribution is 2.20. The van der Waals surface area contributed by atoms with Gasteiger partial charge < -0.3 is 19.6 Å². The van der Waals surface area contributed by atoms with E-state index in [1.54, 1.807) is 6.92 Å². The second-order valence-electron chi connectivity index (χ2n) is 7.22. The topological polar surface area (TPSA) is 94.5 Å². The van der Waals surface area contributed by atoms with Crippen molar-refractivity contribution in [1.29, 1.82) is 0 Å². The van der Waals surface area contributed by atoms with Gasteiger partial charge in [-0.25, -0.2) is 4.98 Å². The van der Waals surface area contributed by atoms with Crippen LogP contribution in [-0.2, 0) is 0 Å². The van der Waals surface area contributed by atoms with Gasteiger partial charge in [0.05, 0.1) is 11.9 Å². The Morgan fingerprint density at radius 3 is 2.72 bits per heavy atom. The maximum atomic E-state index is 12.6. The van der Waals surface area contributed by atoms with Crippen LogP contribution in [-0.4, -0.2) is 60.0 Å². The first-order chi connectivity index (χ1) is 14.1. The molecule has 0 atom stereocenters. The molecule has 0 spiro atoms. The lowest BCUT2D eigenvalue weighted by Gasteiger charge is -2.36. The van der Waals surface area contributed by atoms with Crippen molar-refractivity contribution in [2.45, 2.75) is 13.3 Å². The third kappa shape index (κ3) is 4.17. The molecular formula is C21H25N5O3. The average Bonchev–Trinajstić information content (AvgIpc) is 3.09. The van der Waals surface area contributed by atoms with Gasteiger partial charge in [-0.05, 0) is 32.0 Å². The molecule has 1 aromatic carbocycles. The van der Waals surface area contributed by atoms with E-state index in [4.69, 9.17) is 4.42 Å². The van der Waals surface area contributed by atoms with Crippen LogP contribution in [0.2, 0.25) is 0 Å². The Balaban J connectivity index is 1.25. The minimum atomic E-state index is -0.367. The number of aromatic nitrogens is 2. The van der Waals surface area contributed by atoms with Crippen molar-refractivity contribution in [3.8, 4) is 0 Å². The first-order valence-corrected chi connectivity index (χ1v) is 9.91. The molecule has 0 aliphatic carbocycles. The van der Waals surface area contributed by atoms with E-state index in [1.165, 1.54) is 12.0 Å². The number of H-pyrrole nitrogens is 1. The van der Waals surface area contributed by atoms with E-state index in [-0.39, 0.29) is 28.1 Å². The molecule has 0 unspecified atom stereocenters. The molecule has 2 aromatic heterocycles. The number of fused-ring (bicyclic) bond motifs is 1. The number of carbonyl (C=O) groups excluding carboxylic acids is 1. The van der Waals surface area contributed by atoms with Crippen LogP contribution in [0.4, 0.5) is 5.69 Å². The normalized spacial score (nSPS) is 15.0. The number of hydrogen-bond donors (Lipinski definition) is 2. The monoisotopic (exact) mass is 395 g/mol. The Morgan fingerprint density at radius 1 is 1.21 bits per heavy atom. The molecular weight excluding hydrogens is 370 g/mol. The van der Waals surface area contributed by atoms with Gasteiger partial charge in [-0.3, -0.25) is 14.5 Å². The Bertz CT molecular complexity index is 1040. The summed E-state index contributed by atoms with van der Waals surface area (Å²) in [7, 11) is 0. The number of nitrogens with one attached hydrogen (secondary N) is 2. The molecule has 8 nitrogen and oxygen atoms in total. The van der Waals surface area contributed by atoms with Crippen molar-refractivity contribution in [2.24, 2.45) is 0 Å². The molecule has 2 N–H and O–H groups in total. The number of hydrogen-bond acceptors (Lipinski definition) is 6. The van der Waals surface area contributed by atoms with Crippen molar-refractivity contribution in [3.05, 3.63) is 58.3 Å². The molecule has 0 saturated carbocycles. The van der Waals surface area contributed by atoms with Gasteiger partial charge in [-0.15, -0.1) is 0 Å². The Hall–Kier alpha value is -3.13. The molecule has 29 heavy (non-hydrogen) atoms. The number of furan rings is 1. The van der Waals surface area contributed by atoms with Crippen LogP contribution in [0.1, 0.15) is 22.5 Å². The average molecular weight is 395 g/mol. The van der Waals surface area contributed by atoms with Crippen molar-refractivity contribution in [3.63, 3.8) is 0 Å². The Kier molecular flexibility index (Phi) is 5.62. The number of benzene rings is 1. The number of carbonyl (C=O) groups is 1. The zero-order chi connectivity index (χ0) is 20.2. The molecule has 0 radical (unpaired) electrons. The first kappa shape index (κ1) is 19.2. The first-order valence-electron chi connectivity index (χ1n) is 9.91. The van der Waals surface area contributed by atoms with E-state index in [9.17, 15) is 9.59 Å². The lowest BCUT2D eigenvalue weighted by Crippen LogP contribution is -2.47. The van der Waals surface area contributed by atoms with Crippen LogP contribution in [0.3, 0.4) is 0 Å². The lowest BCUT2D eigenvalue weighted by molar-refractivity contribution is 0.0951. The Morgan fingerprint density at radius 2 is 1.97 bits per heavy atom. The molecule has 1 aliphatic rings. The number of para-hydroxylation sites is 1. The van der Waals surface area contributed by atoms with Gasteiger partial charge >= 0.3 is 0 Å². The summed E-state index contributed by atoms with van der Waals surface area (Å²) >= 11 is 0. The third-order valence-corrected chi connectivity index (χ3v) is 5.33. The second-order valence-corrected chi connectivity index (χ2v) is 7.22. The maximum absolute atomic E-state index is 12.6. The third-order valence-electron chi connectivity index (χ3n) is 5.33. The van der Waals surface area contributed by atoms with Gasteiger partial charge in [0.2, 0.25) is 5.71 Å². The van der Waals surface area contributed by atoms with Crippen LogP contribution in [0.5, 0.6) is 0 Å². The highest BCUT2D eigenvalue weighted by Gasteiger charge is 2.21. The van der Waals surface area contributed by atoms with Crippen LogP contribution in [0.15, 0.2) is 45.9 Å². The quantitative estimate of drug-likeness (QED) is 0.618. The predicted octanol–water partition coefficient (Wildman–Crippen LogP) is 1.77. The van der Waals surface area contributed by atoms with Crippen LogP contribution < -0.4 is 15.8 Å². The summed E-state index contributed by atoms with van der Waals surface area (Å²) in [6, 6.07) is 10.5. The van der Waals surface area contributed by atoms with Gasteiger partial charge in [-0.2, -0.15) is 0 Å². The molecule has 8 heteroatoms. The van der Waals surface area contributed by atoms with Crippen LogP contribution in [0, 0.1) is 6.92 Å². The van der Waals surface area contributed by atoms with Crippen molar-refractivity contribution in [1.82, 2.24) is 20.2 Å². The van der Waals surface area contributed by atoms with E-state index < -0.39 is 0 Å². The number of aryl methyl sites for hydroxylation is 1. The van der Waals surface area contributed by atoms with Crippen LogP contribution >= 0.6 is 0 Å². The van der Waals surface area contributed by atoms with Gasteiger partial charge in [-0.1, -0.05) is 18.2 Å². The van der Waals surface area contributed by atoms with Gasteiger partial charge in [0.15, 0.2) is 0 Å². The number of piperazine rings is 1. The standard InChI is InChI=1S/C21H25N5O3/c1-15-17(18-20(28)23-14-24-21(18)29-15)19(27)22-8-5-9-25-10-12-26(13-11-25)16-6-3-2-4-7-16/h2-4,6-7,14H,5,8-13H2,1H3,(H,22,27)(H,23,24,28). The molecule has 3 heterocycles. The fraction of sp³-hybridized carbons (Fsp3) is 0.381. The molecule has 1 fully saturated rings. The van der Waals surface area contributed by atoms with E-state index in [0.29, 0.717) is 12.3 Å². The summed E-state index contributed by atoms with van der Waals surface area (Å²) < 4.78 is 5.44. The summed E-state index contributed by atoms with van der Waals surface area (Å²) in [5.74, 6) is 0.104. The number of amides is 1. The SMILES string of the molecule is Cc1oc2nc[nH]c(=O)c2c1C(=O)NCCCN1CCN(c2ccccc2)CC1. The molecule has 3 aromatic rings. The Labute approximate surface area is 168 Å². The number of aromatic amines is 1. The molecule has 1 saturated heterocycles. The molecule has 152 valence electrons. The number of rotatable bonds is 6. The number of anilines is 1. The minimum Gasteiger partial charge on any atom is -0.442 e. The minimum absolute atomic E-state index is 0.188. The molecule has 0 bridgehead atoms. The van der Waals surface area contributed by atoms with Crippen LogP contribution in [0.25, 0.3) is 11.1 Å². The zero-order valence-electron chi connectivity index (χ0n) is 16.5. The van der Waals surface area contributed by atoms with E-state index in [0.717, 1.165) is 39.1 Å². The molecule has 1 aliphatic heterocycles. The van der Waals surface area contributed by atoms with E-state index in [1.807, 2.05) is 6.07 Å². The summed E-state index contributed by atoms with van der Waals surface area (Å²) in [4.78, 5) is 35.9. The van der Waals surface area contributed by atoms with E-state index >= 15 is 0 Å². The molecule has 1 amide bonds. The van der Waals surface area contributed by atoms with Gasteiger partial charge in [0.25, 0.3) is 11.5 Å². The highest BCUT2D eigenvalue weighted by atomic mass is 16.3. The van der Waals surface area contributed by atoms with Crippen molar-refractivity contribution in [2.75, 3.05) is 44.2 Å². The second kappa shape index (κ2) is 8.48. The molecule has 4 rings (SSSR count). The van der Waals surface area contributed by atoms with Crippen molar-refractivity contribution < 1.29 is 9.21 Å². The zero-order valence-corrected chi connectivity index (χ0v) is 16.5. The fourth-order valence-electron chi connectivity index (χ4n) is 3.79. The number of nitrogens with zero attached hydrogens (tertiary/aromatic N) is 3. The maximum Gasteiger partial charge on any atom is 0.262 e. The fourth-order valence-corrected chi connectivity index (χ4v) is 3.79. The lowest BCUT2D eigenvalue weighted by atomic mass is 10.2. The summed E-state index contributed by atoms with van der Waals surface area (Å²) in [5.41, 5.74) is 1.36. The van der Waals surface area contributed by atoms with Crippen molar-refractivity contribution >= 4 is 22.7 Å². The van der Waals surface area contributed by atoms with Gasteiger partial charge in [0.1, 0.15) is 11.1 Å². The summed E-state index contributed by atoms with van der Waals surface area (Å²) in [6.45, 7) is 7.17. The predicted molar refractivity (Wildman–Crippen MR) is 111 cm³/mol. The summed E-state index contributed by atoms with van der Waals surface area (Å²) in [5, 5.41) is 3.11. The summed E-state index contributed by atoms with van der Waals surface area (Å²) in [6.07, 6.45) is 2.12. The smallest absolute Gasteiger partial charge is 0.262 e. The highest BCUT2D eigenvalue weighted by molar-refractivity contribution is 6.06. The van der Waals surface area contributed by atoms with Gasteiger partial charge in [0, 0.05) is 38.4 Å². The largest absolute Gasteiger partial charge is 0.442 e.